The van der Waals surface area contributed by atoms with Gasteiger partial charge in [-0.25, -0.2) is 4.79 Å². The Labute approximate surface area is 167 Å². The van der Waals surface area contributed by atoms with Gasteiger partial charge in [0, 0.05) is 45.2 Å². The van der Waals surface area contributed by atoms with Crippen LogP contribution in [-0.4, -0.2) is 60.5 Å². The Balaban J connectivity index is 1.13. The van der Waals surface area contributed by atoms with E-state index >= 15 is 0 Å². The molecule has 0 atom stereocenters. The number of carbonyl (C=O) groups excluding carboxylic acids is 2. The van der Waals surface area contributed by atoms with Gasteiger partial charge in [-0.05, 0) is 55.7 Å². The summed E-state index contributed by atoms with van der Waals surface area (Å²) < 4.78 is 0. The van der Waals surface area contributed by atoms with Crippen molar-refractivity contribution < 1.29 is 9.59 Å². The monoisotopic (exact) mass is 384 g/mol. The molecule has 0 unspecified atom stereocenters. The molecule has 0 aromatic heterocycles. The van der Waals surface area contributed by atoms with Gasteiger partial charge in [-0.3, -0.25) is 4.79 Å². The van der Waals surface area contributed by atoms with Crippen molar-refractivity contribution in [1.82, 2.24) is 20.4 Å². The van der Waals surface area contributed by atoms with Crippen LogP contribution in [0.5, 0.6) is 0 Å². The summed E-state index contributed by atoms with van der Waals surface area (Å²) in [5.41, 5.74) is 2.55. The Morgan fingerprint density at radius 2 is 1.71 bits per heavy atom. The molecular weight excluding hydrogens is 352 g/mol. The zero-order valence-corrected chi connectivity index (χ0v) is 16.7. The fraction of sp³-hybridized carbons (Fsp3) is 0.636. The van der Waals surface area contributed by atoms with E-state index in [1.165, 1.54) is 24.0 Å². The van der Waals surface area contributed by atoms with E-state index in [0.717, 1.165) is 51.4 Å². The predicted octanol–water partition coefficient (Wildman–Crippen LogP) is 2.13. The van der Waals surface area contributed by atoms with Crippen molar-refractivity contribution >= 4 is 11.9 Å². The minimum Gasteiger partial charge on any atom is -0.343 e. The molecule has 1 saturated carbocycles. The lowest BCUT2D eigenvalue weighted by atomic mass is 10.0. The van der Waals surface area contributed by atoms with Crippen LogP contribution in [0, 0.1) is 5.92 Å². The van der Waals surface area contributed by atoms with Gasteiger partial charge in [-0.15, -0.1) is 0 Å². The van der Waals surface area contributed by atoms with Crippen molar-refractivity contribution in [3.05, 3.63) is 35.4 Å². The van der Waals surface area contributed by atoms with Gasteiger partial charge in [0.2, 0.25) is 5.91 Å². The first-order valence-corrected chi connectivity index (χ1v) is 10.8. The van der Waals surface area contributed by atoms with E-state index in [9.17, 15) is 9.59 Å². The molecule has 1 saturated heterocycles. The lowest BCUT2D eigenvalue weighted by molar-refractivity contribution is -0.132. The minimum absolute atomic E-state index is 0.0645. The number of hydrogen-bond acceptors (Lipinski definition) is 3. The second-order valence-corrected chi connectivity index (χ2v) is 8.43. The lowest BCUT2D eigenvalue weighted by Crippen LogP contribution is -2.47. The Kier molecular flexibility index (Phi) is 6.15. The summed E-state index contributed by atoms with van der Waals surface area (Å²) in [7, 11) is 0. The van der Waals surface area contributed by atoms with Crippen LogP contribution >= 0.6 is 0 Å². The van der Waals surface area contributed by atoms with Crippen LogP contribution in [0.2, 0.25) is 0 Å². The molecule has 6 nitrogen and oxygen atoms in total. The van der Waals surface area contributed by atoms with Crippen molar-refractivity contribution in [2.24, 2.45) is 5.92 Å². The van der Waals surface area contributed by atoms with Gasteiger partial charge in [0.15, 0.2) is 0 Å². The van der Waals surface area contributed by atoms with Crippen molar-refractivity contribution in [2.75, 3.05) is 32.7 Å². The third-order valence-corrected chi connectivity index (χ3v) is 6.27. The largest absolute Gasteiger partial charge is 0.343 e. The Morgan fingerprint density at radius 1 is 0.964 bits per heavy atom. The molecule has 2 N–H and O–H groups in total. The van der Waals surface area contributed by atoms with Crippen LogP contribution in [0.25, 0.3) is 0 Å². The van der Waals surface area contributed by atoms with Crippen LogP contribution in [0.1, 0.15) is 43.2 Å². The van der Waals surface area contributed by atoms with E-state index in [1.54, 1.807) is 0 Å². The first-order chi connectivity index (χ1) is 13.7. The molecule has 6 heteroatoms. The van der Waals surface area contributed by atoms with Gasteiger partial charge in [0.1, 0.15) is 0 Å². The number of rotatable bonds is 6. The molecule has 1 aliphatic carbocycles. The average Bonchev–Trinajstić information content (AvgIpc) is 3.56. The number of benzene rings is 1. The maximum absolute atomic E-state index is 12.4. The van der Waals surface area contributed by atoms with Crippen LogP contribution in [0.4, 0.5) is 4.79 Å². The van der Waals surface area contributed by atoms with Crippen molar-refractivity contribution in [1.29, 1.82) is 0 Å². The van der Waals surface area contributed by atoms with E-state index in [-0.39, 0.29) is 11.9 Å². The van der Waals surface area contributed by atoms with Gasteiger partial charge in [-0.1, -0.05) is 24.3 Å². The molecule has 3 aliphatic rings. The van der Waals surface area contributed by atoms with Crippen LogP contribution in [-0.2, 0) is 17.8 Å². The number of urea groups is 1. The molecule has 2 heterocycles. The van der Waals surface area contributed by atoms with Crippen molar-refractivity contribution in [3.8, 4) is 0 Å². The smallest absolute Gasteiger partial charge is 0.317 e. The van der Waals surface area contributed by atoms with E-state index in [0.29, 0.717) is 25.6 Å². The number of amides is 3. The second kappa shape index (κ2) is 8.95. The topological polar surface area (TPSA) is 64.7 Å². The number of likely N-dealkylation sites (tertiary alicyclic amines) is 1. The Hall–Kier alpha value is -2.08. The van der Waals surface area contributed by atoms with Crippen molar-refractivity contribution in [2.45, 2.75) is 51.1 Å². The lowest BCUT2D eigenvalue weighted by Gasteiger charge is -2.33. The number of hydrogen-bond donors (Lipinski definition) is 2. The van der Waals surface area contributed by atoms with Gasteiger partial charge >= 0.3 is 6.03 Å². The number of fused-ring (bicyclic) bond motifs is 1. The Bertz CT molecular complexity index is 696. The van der Waals surface area contributed by atoms with E-state index in [2.05, 4.69) is 22.8 Å². The molecule has 3 amide bonds. The number of carbonyl (C=O) groups is 2. The molecule has 2 fully saturated rings. The maximum Gasteiger partial charge on any atom is 0.317 e. The molecule has 0 bridgehead atoms. The summed E-state index contributed by atoms with van der Waals surface area (Å²) in [5, 5.41) is 6.57. The number of nitrogens with one attached hydrogen (secondary N) is 2. The molecule has 2 aliphatic heterocycles. The van der Waals surface area contributed by atoms with Crippen LogP contribution in [0.15, 0.2) is 24.3 Å². The molecule has 0 radical (unpaired) electrons. The molecule has 0 spiro atoms. The van der Waals surface area contributed by atoms with Crippen molar-refractivity contribution in [3.63, 3.8) is 0 Å². The predicted molar refractivity (Wildman–Crippen MR) is 109 cm³/mol. The summed E-state index contributed by atoms with van der Waals surface area (Å²) in [4.78, 5) is 28.7. The molecular formula is C22H32N4O2. The zero-order chi connectivity index (χ0) is 19.3. The summed E-state index contributed by atoms with van der Waals surface area (Å²) in [5.74, 6) is 1.06. The maximum atomic E-state index is 12.4. The fourth-order valence-corrected chi connectivity index (χ4v) is 4.20. The molecule has 4 rings (SSSR count). The standard InChI is InChI=1S/C22H32N4O2/c27-21(25-13-9-20(10-14-25)24-15-17-5-6-17)7-11-23-22(28)26-12-8-18-3-1-2-4-19(18)16-26/h1-4,17,20,24H,5-16H2,(H,23,28). The minimum atomic E-state index is -0.0645. The van der Waals surface area contributed by atoms with E-state index in [1.807, 2.05) is 21.9 Å². The van der Waals surface area contributed by atoms with Gasteiger partial charge < -0.3 is 20.4 Å². The molecule has 152 valence electrons. The third kappa shape index (κ3) is 5.04. The summed E-state index contributed by atoms with van der Waals surface area (Å²) in [6.45, 7) is 4.60. The van der Waals surface area contributed by atoms with E-state index < -0.39 is 0 Å². The quantitative estimate of drug-likeness (QED) is 0.790. The summed E-state index contributed by atoms with van der Waals surface area (Å²) in [6, 6.07) is 8.78. The third-order valence-electron chi connectivity index (χ3n) is 6.27. The summed E-state index contributed by atoms with van der Waals surface area (Å²) >= 11 is 0. The highest BCUT2D eigenvalue weighted by Crippen LogP contribution is 2.28. The fourth-order valence-electron chi connectivity index (χ4n) is 4.20. The number of piperidine rings is 1. The van der Waals surface area contributed by atoms with Crippen LogP contribution < -0.4 is 10.6 Å². The Morgan fingerprint density at radius 3 is 2.46 bits per heavy atom. The van der Waals surface area contributed by atoms with Crippen LogP contribution in [0.3, 0.4) is 0 Å². The molecule has 28 heavy (non-hydrogen) atoms. The van der Waals surface area contributed by atoms with Gasteiger partial charge in [0.25, 0.3) is 0 Å². The second-order valence-electron chi connectivity index (χ2n) is 8.43. The molecule has 1 aromatic carbocycles. The molecule has 1 aromatic rings. The SMILES string of the molecule is O=C(CCNC(=O)N1CCc2ccccc2C1)N1CCC(NCC2CC2)CC1. The zero-order valence-electron chi connectivity index (χ0n) is 16.7. The number of nitrogens with zero attached hydrogens (tertiary/aromatic N) is 2. The average molecular weight is 385 g/mol. The van der Waals surface area contributed by atoms with E-state index in [4.69, 9.17) is 0 Å². The highest BCUT2D eigenvalue weighted by molar-refractivity contribution is 5.78. The normalized spacial score (nSPS) is 20.0. The van der Waals surface area contributed by atoms with Gasteiger partial charge in [0.05, 0.1) is 0 Å². The summed E-state index contributed by atoms with van der Waals surface area (Å²) in [6.07, 6.45) is 6.11. The highest BCUT2D eigenvalue weighted by Gasteiger charge is 2.26. The first-order valence-electron chi connectivity index (χ1n) is 10.8. The first kappa shape index (κ1) is 19.2. The highest BCUT2D eigenvalue weighted by atomic mass is 16.2. The van der Waals surface area contributed by atoms with Gasteiger partial charge in [-0.2, -0.15) is 0 Å².